The van der Waals surface area contributed by atoms with Crippen molar-refractivity contribution in [1.82, 2.24) is 0 Å². The third-order valence-electron chi connectivity index (χ3n) is 3.27. The Morgan fingerprint density at radius 2 is 2.18 bits per heavy atom. The number of hydrogen-bond acceptors (Lipinski definition) is 2. The van der Waals surface area contributed by atoms with Crippen LogP contribution in [0.2, 0.25) is 0 Å². The Labute approximate surface area is 97.7 Å². The number of fused-ring (bicyclic) bond motifs is 1. The van der Waals surface area contributed by atoms with Gasteiger partial charge in [0.2, 0.25) is 5.91 Å². The van der Waals surface area contributed by atoms with Crippen LogP contribution >= 0.6 is 0 Å². The first-order valence-electron chi connectivity index (χ1n) is 5.16. The van der Waals surface area contributed by atoms with Crippen molar-refractivity contribution in [2.75, 3.05) is 11.9 Å². The van der Waals surface area contributed by atoms with Gasteiger partial charge in [-0.25, -0.2) is 4.39 Å². The van der Waals surface area contributed by atoms with Gasteiger partial charge in [-0.05, 0) is 24.6 Å². The van der Waals surface area contributed by atoms with E-state index in [-0.39, 0.29) is 12.3 Å². The number of aliphatic carboxylic acids is 1. The van der Waals surface area contributed by atoms with E-state index >= 15 is 0 Å². The molecular weight excluding hydrogens is 225 g/mol. The maximum absolute atomic E-state index is 13.2. The second-order valence-corrected chi connectivity index (χ2v) is 4.43. The number of anilines is 1. The second-order valence-electron chi connectivity index (χ2n) is 4.43. The van der Waals surface area contributed by atoms with Crippen molar-refractivity contribution < 1.29 is 19.1 Å². The van der Waals surface area contributed by atoms with Crippen LogP contribution in [0.5, 0.6) is 0 Å². The highest BCUT2D eigenvalue weighted by Crippen LogP contribution is 2.40. The fraction of sp³-hybridized carbons (Fsp3) is 0.333. The molecule has 1 aliphatic rings. The van der Waals surface area contributed by atoms with Crippen LogP contribution in [0.1, 0.15) is 18.9 Å². The van der Waals surface area contributed by atoms with Crippen LogP contribution in [0.3, 0.4) is 0 Å². The quantitative estimate of drug-likeness (QED) is 0.805. The smallest absolute Gasteiger partial charge is 0.314 e. The van der Waals surface area contributed by atoms with Crippen LogP contribution in [-0.4, -0.2) is 24.0 Å². The van der Waals surface area contributed by atoms with Crippen molar-refractivity contribution in [1.29, 1.82) is 0 Å². The van der Waals surface area contributed by atoms with E-state index in [0.29, 0.717) is 11.3 Å². The first-order valence-corrected chi connectivity index (χ1v) is 5.16. The molecule has 1 aliphatic heterocycles. The lowest BCUT2D eigenvalue weighted by Crippen LogP contribution is -2.45. The van der Waals surface area contributed by atoms with E-state index in [1.165, 1.54) is 37.1 Å². The van der Waals surface area contributed by atoms with Crippen molar-refractivity contribution in [3.63, 3.8) is 0 Å². The Balaban J connectivity index is 2.69. The maximum atomic E-state index is 13.2. The highest BCUT2D eigenvalue weighted by atomic mass is 19.1. The van der Waals surface area contributed by atoms with E-state index in [9.17, 15) is 19.1 Å². The van der Waals surface area contributed by atoms with E-state index in [0.717, 1.165) is 0 Å². The van der Waals surface area contributed by atoms with Gasteiger partial charge in [0, 0.05) is 13.5 Å². The molecule has 90 valence electrons. The highest BCUT2D eigenvalue weighted by Gasteiger charge is 2.44. The average Bonchev–Trinajstić information content (AvgIpc) is 2.25. The fourth-order valence-corrected chi connectivity index (χ4v) is 2.09. The summed E-state index contributed by atoms with van der Waals surface area (Å²) in [6, 6.07) is 3.83. The molecule has 0 spiro atoms. The standard InChI is InChI=1S/C12H12FNO3/c1-12(11(16)17)6-10(15)14(2)9-5-7(13)3-4-8(9)12/h3-5H,6H2,1-2H3,(H,16,17). The molecule has 1 unspecified atom stereocenters. The van der Waals surface area contributed by atoms with Crippen LogP contribution in [0.25, 0.3) is 0 Å². The zero-order valence-corrected chi connectivity index (χ0v) is 9.53. The van der Waals surface area contributed by atoms with Crippen LogP contribution in [-0.2, 0) is 15.0 Å². The minimum Gasteiger partial charge on any atom is -0.481 e. The molecule has 1 heterocycles. The molecule has 1 N–H and O–H groups in total. The average molecular weight is 237 g/mol. The van der Waals surface area contributed by atoms with Gasteiger partial charge in [0.05, 0.1) is 5.69 Å². The molecule has 0 saturated heterocycles. The molecule has 5 heteroatoms. The molecule has 0 aliphatic carbocycles. The summed E-state index contributed by atoms with van der Waals surface area (Å²) in [6.45, 7) is 1.48. The lowest BCUT2D eigenvalue weighted by Gasteiger charge is -2.36. The van der Waals surface area contributed by atoms with Crippen molar-refractivity contribution in [2.24, 2.45) is 0 Å². The van der Waals surface area contributed by atoms with Crippen molar-refractivity contribution >= 4 is 17.6 Å². The third kappa shape index (κ3) is 1.58. The van der Waals surface area contributed by atoms with Gasteiger partial charge in [0.15, 0.2) is 0 Å². The van der Waals surface area contributed by atoms with Gasteiger partial charge in [0.25, 0.3) is 0 Å². The second kappa shape index (κ2) is 3.55. The van der Waals surface area contributed by atoms with Crippen LogP contribution < -0.4 is 4.90 Å². The van der Waals surface area contributed by atoms with E-state index in [1.54, 1.807) is 0 Å². The van der Waals surface area contributed by atoms with E-state index in [1.807, 2.05) is 0 Å². The predicted molar refractivity (Wildman–Crippen MR) is 59.4 cm³/mol. The fourth-order valence-electron chi connectivity index (χ4n) is 2.09. The first-order chi connectivity index (χ1) is 7.86. The number of hydrogen-bond donors (Lipinski definition) is 1. The minimum atomic E-state index is -1.29. The Morgan fingerprint density at radius 3 is 2.76 bits per heavy atom. The molecule has 4 nitrogen and oxygen atoms in total. The molecule has 1 atom stereocenters. The number of rotatable bonds is 1. The lowest BCUT2D eigenvalue weighted by atomic mass is 9.75. The van der Waals surface area contributed by atoms with Crippen molar-refractivity contribution in [3.8, 4) is 0 Å². The van der Waals surface area contributed by atoms with Crippen LogP contribution in [0.4, 0.5) is 10.1 Å². The zero-order chi connectivity index (χ0) is 12.8. The summed E-state index contributed by atoms with van der Waals surface area (Å²) in [6.07, 6.45) is -0.114. The molecule has 17 heavy (non-hydrogen) atoms. The summed E-state index contributed by atoms with van der Waals surface area (Å²) >= 11 is 0. The van der Waals surface area contributed by atoms with Gasteiger partial charge in [-0.15, -0.1) is 0 Å². The van der Waals surface area contributed by atoms with Gasteiger partial charge in [-0.3, -0.25) is 9.59 Å². The number of carbonyl (C=O) groups is 2. The molecule has 0 saturated carbocycles. The number of carbonyl (C=O) groups excluding carboxylic acids is 1. The van der Waals surface area contributed by atoms with Crippen LogP contribution in [0.15, 0.2) is 18.2 Å². The summed E-state index contributed by atoms with van der Waals surface area (Å²) in [5, 5.41) is 9.25. The Morgan fingerprint density at radius 1 is 1.53 bits per heavy atom. The number of carboxylic acids is 1. The number of carboxylic acid groups (broad SMARTS) is 1. The van der Waals surface area contributed by atoms with Gasteiger partial charge < -0.3 is 10.0 Å². The van der Waals surface area contributed by atoms with Gasteiger partial charge in [-0.2, -0.15) is 0 Å². The van der Waals surface area contributed by atoms with Crippen molar-refractivity contribution in [3.05, 3.63) is 29.6 Å². The zero-order valence-electron chi connectivity index (χ0n) is 9.53. The number of nitrogens with zero attached hydrogens (tertiary/aromatic N) is 1. The Hall–Kier alpha value is -1.91. The van der Waals surface area contributed by atoms with Crippen LogP contribution in [0, 0.1) is 5.82 Å². The lowest BCUT2D eigenvalue weighted by molar-refractivity contribution is -0.145. The summed E-state index contributed by atoms with van der Waals surface area (Å²) < 4.78 is 13.2. The molecule has 0 radical (unpaired) electrons. The van der Waals surface area contributed by atoms with E-state index in [2.05, 4.69) is 0 Å². The SMILES string of the molecule is CN1C(=O)CC(C)(C(=O)O)c2ccc(F)cc21. The summed E-state index contributed by atoms with van der Waals surface area (Å²) in [5.41, 5.74) is -0.494. The first kappa shape index (κ1) is 11.6. The third-order valence-corrected chi connectivity index (χ3v) is 3.27. The minimum absolute atomic E-state index is 0.114. The highest BCUT2D eigenvalue weighted by molar-refractivity contribution is 6.02. The van der Waals surface area contributed by atoms with Gasteiger partial charge >= 0.3 is 5.97 Å². The monoisotopic (exact) mass is 237 g/mol. The van der Waals surface area contributed by atoms with Gasteiger partial charge in [0.1, 0.15) is 11.2 Å². The van der Waals surface area contributed by atoms with Crippen molar-refractivity contribution in [2.45, 2.75) is 18.8 Å². The summed E-state index contributed by atoms with van der Waals surface area (Å²) in [7, 11) is 1.52. The van der Waals surface area contributed by atoms with E-state index in [4.69, 9.17) is 0 Å². The number of benzene rings is 1. The topological polar surface area (TPSA) is 57.6 Å². The maximum Gasteiger partial charge on any atom is 0.314 e. The summed E-state index contributed by atoms with van der Waals surface area (Å²) in [4.78, 5) is 24.3. The Kier molecular flexibility index (Phi) is 2.41. The molecule has 2 rings (SSSR count). The molecule has 1 aromatic carbocycles. The number of amides is 1. The number of halogens is 1. The van der Waals surface area contributed by atoms with Gasteiger partial charge in [-0.1, -0.05) is 6.07 Å². The normalized spacial score (nSPS) is 23.5. The molecule has 0 fully saturated rings. The molecule has 1 aromatic rings. The molecule has 0 bridgehead atoms. The van der Waals surface area contributed by atoms with E-state index < -0.39 is 17.2 Å². The Bertz CT molecular complexity index is 514. The largest absolute Gasteiger partial charge is 0.481 e. The molecule has 0 aromatic heterocycles. The molecular formula is C12H12FNO3. The predicted octanol–water partition coefficient (Wildman–Crippen LogP) is 1.53. The molecule has 1 amide bonds. The summed E-state index contributed by atoms with van der Waals surface area (Å²) in [5.74, 6) is -1.89.